The first-order valence-corrected chi connectivity index (χ1v) is 8.26. The van der Waals surface area contributed by atoms with Crippen molar-refractivity contribution in [2.24, 2.45) is 5.16 Å². The van der Waals surface area contributed by atoms with Crippen LogP contribution in [0, 0.1) is 5.82 Å². The monoisotopic (exact) mass is 390 g/mol. The molecule has 0 bridgehead atoms. The highest BCUT2D eigenvalue weighted by Gasteiger charge is 2.10. The van der Waals surface area contributed by atoms with Gasteiger partial charge >= 0.3 is 0 Å². The molecule has 0 aliphatic rings. The summed E-state index contributed by atoms with van der Waals surface area (Å²) in [7, 11) is 3.03. The summed E-state index contributed by atoms with van der Waals surface area (Å²) in [5.74, 6) is 1.49. The van der Waals surface area contributed by atoms with E-state index in [9.17, 15) is 4.39 Å². The molecule has 140 valence electrons. The number of benzene rings is 2. The molecule has 0 fully saturated rings. The molecule has 0 saturated carbocycles. The van der Waals surface area contributed by atoms with Crippen molar-refractivity contribution in [3.05, 3.63) is 64.9 Å². The van der Waals surface area contributed by atoms with E-state index in [2.05, 4.69) is 10.1 Å². The fourth-order valence-electron chi connectivity index (χ4n) is 2.33. The van der Waals surface area contributed by atoms with Crippen LogP contribution in [0.2, 0.25) is 5.02 Å². The van der Waals surface area contributed by atoms with E-state index in [0.29, 0.717) is 33.7 Å². The van der Waals surface area contributed by atoms with Gasteiger partial charge in [0.2, 0.25) is 5.89 Å². The zero-order chi connectivity index (χ0) is 19.2. The molecule has 0 aliphatic carbocycles. The molecule has 2 aromatic carbocycles. The van der Waals surface area contributed by atoms with Gasteiger partial charge in [0, 0.05) is 11.1 Å². The van der Waals surface area contributed by atoms with Crippen LogP contribution in [0.4, 0.5) is 4.39 Å². The number of oxime groups is 1. The number of oxazole rings is 1. The third-order valence-corrected chi connectivity index (χ3v) is 3.88. The maximum atomic E-state index is 13.0. The van der Waals surface area contributed by atoms with Crippen molar-refractivity contribution in [1.29, 1.82) is 0 Å². The molecule has 0 N–H and O–H groups in total. The number of ether oxygens (including phenoxy) is 2. The minimum absolute atomic E-state index is 0.0404. The Kier molecular flexibility index (Phi) is 5.93. The summed E-state index contributed by atoms with van der Waals surface area (Å²) in [5.41, 5.74) is 1.40. The molecule has 0 unspecified atom stereocenters. The Bertz CT molecular complexity index is 941. The molecule has 3 aromatic rings. The quantitative estimate of drug-likeness (QED) is 0.432. The lowest BCUT2D eigenvalue weighted by Gasteiger charge is -2.09. The lowest BCUT2D eigenvalue weighted by molar-refractivity contribution is 0.113. The Morgan fingerprint density at radius 2 is 1.96 bits per heavy atom. The Hall–Kier alpha value is -3.06. The van der Waals surface area contributed by atoms with Gasteiger partial charge in [0.15, 0.2) is 23.9 Å². The molecular formula is C19H16ClFN2O4. The van der Waals surface area contributed by atoms with E-state index in [4.69, 9.17) is 30.3 Å². The van der Waals surface area contributed by atoms with E-state index in [1.54, 1.807) is 30.5 Å². The average Bonchev–Trinajstić information content (AvgIpc) is 3.14. The molecule has 0 atom stereocenters. The van der Waals surface area contributed by atoms with Gasteiger partial charge in [-0.1, -0.05) is 16.8 Å². The minimum atomic E-state index is -0.313. The number of hydrogen-bond donors (Lipinski definition) is 0. The van der Waals surface area contributed by atoms with Crippen LogP contribution in [0.3, 0.4) is 0 Å². The highest BCUT2D eigenvalue weighted by molar-refractivity contribution is 6.32. The van der Waals surface area contributed by atoms with Crippen molar-refractivity contribution < 1.29 is 23.1 Å². The third kappa shape index (κ3) is 4.57. The Morgan fingerprint density at radius 1 is 1.19 bits per heavy atom. The molecular weight excluding hydrogens is 375 g/mol. The molecule has 0 aliphatic heterocycles. The van der Waals surface area contributed by atoms with Gasteiger partial charge in [-0.15, -0.1) is 0 Å². The number of aromatic nitrogens is 1. The third-order valence-electron chi connectivity index (χ3n) is 3.60. The van der Waals surface area contributed by atoms with Gasteiger partial charge < -0.3 is 18.7 Å². The molecule has 0 amide bonds. The summed E-state index contributed by atoms with van der Waals surface area (Å²) in [6, 6.07) is 9.32. The normalized spacial score (nSPS) is 11.0. The van der Waals surface area contributed by atoms with E-state index >= 15 is 0 Å². The number of methoxy groups -OCH3 is 2. The molecule has 6 nitrogen and oxygen atoms in total. The van der Waals surface area contributed by atoms with Gasteiger partial charge in [-0.05, 0) is 36.4 Å². The Labute approximate surface area is 160 Å². The van der Waals surface area contributed by atoms with Crippen molar-refractivity contribution >= 4 is 17.8 Å². The Morgan fingerprint density at radius 3 is 2.67 bits per heavy atom. The van der Waals surface area contributed by atoms with Gasteiger partial charge in [0.1, 0.15) is 5.82 Å². The number of rotatable bonds is 7. The van der Waals surface area contributed by atoms with Crippen LogP contribution in [0.1, 0.15) is 11.5 Å². The summed E-state index contributed by atoms with van der Waals surface area (Å²) in [5, 5.41) is 4.27. The van der Waals surface area contributed by atoms with Gasteiger partial charge in [-0.2, -0.15) is 0 Å². The van der Waals surface area contributed by atoms with Gasteiger partial charge in [0.25, 0.3) is 0 Å². The number of halogens is 2. The van der Waals surface area contributed by atoms with Crippen LogP contribution in [0.15, 0.2) is 52.2 Å². The summed E-state index contributed by atoms with van der Waals surface area (Å²) >= 11 is 6.14. The second-order valence-electron chi connectivity index (χ2n) is 5.37. The second-order valence-corrected chi connectivity index (χ2v) is 5.78. The predicted octanol–water partition coefficient (Wildman–Crippen LogP) is 4.70. The molecule has 3 rings (SSSR count). The summed E-state index contributed by atoms with van der Waals surface area (Å²) in [6.07, 6.45) is 3.03. The first kappa shape index (κ1) is 18.7. The largest absolute Gasteiger partial charge is 0.493 e. The molecule has 27 heavy (non-hydrogen) atoms. The predicted molar refractivity (Wildman–Crippen MR) is 98.8 cm³/mol. The van der Waals surface area contributed by atoms with Crippen molar-refractivity contribution in [1.82, 2.24) is 4.98 Å². The van der Waals surface area contributed by atoms with Gasteiger partial charge in [-0.3, -0.25) is 0 Å². The van der Waals surface area contributed by atoms with E-state index in [1.807, 2.05) is 0 Å². The van der Waals surface area contributed by atoms with Crippen LogP contribution in [-0.2, 0) is 11.4 Å². The Balaban J connectivity index is 1.62. The highest BCUT2D eigenvalue weighted by Crippen LogP contribution is 2.35. The topological polar surface area (TPSA) is 66.1 Å². The smallest absolute Gasteiger partial charge is 0.235 e. The van der Waals surface area contributed by atoms with Crippen LogP contribution >= 0.6 is 11.6 Å². The molecule has 0 spiro atoms. The van der Waals surface area contributed by atoms with Crippen molar-refractivity contribution in [3.8, 4) is 22.8 Å². The van der Waals surface area contributed by atoms with E-state index in [-0.39, 0.29) is 12.4 Å². The fraction of sp³-hybridized carbons (Fsp3) is 0.158. The van der Waals surface area contributed by atoms with Crippen molar-refractivity contribution in [2.75, 3.05) is 14.2 Å². The van der Waals surface area contributed by atoms with E-state index in [0.717, 1.165) is 5.56 Å². The van der Waals surface area contributed by atoms with Crippen LogP contribution in [0.25, 0.3) is 11.3 Å². The standard InChI is InChI=1S/C19H16ClFN2O4/c1-24-16-8-12(7-15(20)19(16)25-2)9-23-26-11-18-22-10-17(27-18)13-3-5-14(21)6-4-13/h3-10H,11H2,1-2H3/b23-9-. The molecule has 1 heterocycles. The van der Waals surface area contributed by atoms with Crippen LogP contribution in [-0.4, -0.2) is 25.4 Å². The van der Waals surface area contributed by atoms with Gasteiger partial charge in [-0.25, -0.2) is 9.37 Å². The first-order chi connectivity index (χ1) is 13.1. The van der Waals surface area contributed by atoms with E-state index < -0.39 is 0 Å². The summed E-state index contributed by atoms with van der Waals surface area (Å²) in [4.78, 5) is 9.31. The summed E-state index contributed by atoms with van der Waals surface area (Å²) < 4.78 is 28.9. The van der Waals surface area contributed by atoms with Crippen LogP contribution < -0.4 is 9.47 Å². The first-order valence-electron chi connectivity index (χ1n) is 7.88. The SMILES string of the molecule is COc1cc(/C=N\OCc2ncc(-c3ccc(F)cc3)o2)cc(Cl)c1OC. The zero-order valence-corrected chi connectivity index (χ0v) is 15.4. The highest BCUT2D eigenvalue weighted by atomic mass is 35.5. The average molecular weight is 391 g/mol. The molecule has 0 radical (unpaired) electrons. The maximum Gasteiger partial charge on any atom is 0.235 e. The van der Waals surface area contributed by atoms with Gasteiger partial charge in [0.05, 0.1) is 31.7 Å². The molecule has 8 heteroatoms. The lowest BCUT2D eigenvalue weighted by atomic mass is 10.2. The number of nitrogens with zero attached hydrogens (tertiary/aromatic N) is 2. The summed E-state index contributed by atoms with van der Waals surface area (Å²) in [6.45, 7) is 0.0404. The van der Waals surface area contributed by atoms with Crippen molar-refractivity contribution in [2.45, 2.75) is 6.61 Å². The molecule has 1 aromatic heterocycles. The maximum absolute atomic E-state index is 13.0. The number of hydrogen-bond acceptors (Lipinski definition) is 6. The second kappa shape index (κ2) is 8.55. The van der Waals surface area contributed by atoms with E-state index in [1.165, 1.54) is 32.6 Å². The zero-order valence-electron chi connectivity index (χ0n) is 14.6. The van der Waals surface area contributed by atoms with Crippen molar-refractivity contribution in [3.63, 3.8) is 0 Å². The van der Waals surface area contributed by atoms with Crippen LogP contribution in [0.5, 0.6) is 11.5 Å². The minimum Gasteiger partial charge on any atom is -0.493 e. The lowest BCUT2D eigenvalue weighted by Crippen LogP contribution is -1.94. The molecule has 0 saturated heterocycles. The fourth-order valence-corrected chi connectivity index (χ4v) is 2.62.